The van der Waals surface area contributed by atoms with Crippen LogP contribution in [0.4, 0.5) is 16.2 Å². The van der Waals surface area contributed by atoms with Crippen molar-refractivity contribution in [2.24, 2.45) is 0 Å². The molecule has 4 rings (SSSR count). The van der Waals surface area contributed by atoms with Crippen molar-refractivity contribution in [2.75, 3.05) is 30.5 Å². The lowest BCUT2D eigenvalue weighted by molar-refractivity contribution is -0.122. The molecule has 3 aromatic rings. The van der Waals surface area contributed by atoms with E-state index in [2.05, 4.69) is 26.6 Å². The van der Waals surface area contributed by atoms with Crippen molar-refractivity contribution >= 4 is 57.1 Å². The normalized spacial score (nSPS) is 14.1. The number of carbonyl (C=O) groups is 4. The predicted molar refractivity (Wildman–Crippen MR) is 162 cm³/mol. The lowest BCUT2D eigenvalue weighted by atomic mass is 10.1. The highest BCUT2D eigenvalue weighted by atomic mass is 79.9. The zero-order valence-electron chi connectivity index (χ0n) is 23.6. The summed E-state index contributed by atoms with van der Waals surface area (Å²) in [7, 11) is 1.45. The van der Waals surface area contributed by atoms with Crippen molar-refractivity contribution < 1.29 is 33.4 Å². The molecule has 1 aliphatic heterocycles. The molecule has 0 atom stereocenters. The number of carbonyl (C=O) groups excluding carboxylic acids is 4. The van der Waals surface area contributed by atoms with Crippen molar-refractivity contribution in [3.63, 3.8) is 0 Å². The Balaban J connectivity index is 1.49. The van der Waals surface area contributed by atoms with Crippen molar-refractivity contribution in [1.82, 2.24) is 5.32 Å². The molecule has 0 aliphatic carbocycles. The van der Waals surface area contributed by atoms with Crippen molar-refractivity contribution in [3.05, 3.63) is 81.3 Å². The first-order chi connectivity index (χ1) is 20.1. The van der Waals surface area contributed by atoms with E-state index in [0.29, 0.717) is 39.6 Å². The predicted octanol–water partition coefficient (Wildman–Crippen LogP) is 5.55. The van der Waals surface area contributed by atoms with Crippen LogP contribution in [-0.2, 0) is 14.4 Å². The van der Waals surface area contributed by atoms with Crippen LogP contribution >= 0.6 is 15.9 Å². The minimum absolute atomic E-state index is 0.209. The molecule has 0 spiro atoms. The van der Waals surface area contributed by atoms with Gasteiger partial charge in [0.2, 0.25) is 0 Å². The summed E-state index contributed by atoms with van der Waals surface area (Å²) in [4.78, 5) is 51.9. The number of nitrogens with zero attached hydrogens (tertiary/aromatic N) is 1. The van der Waals surface area contributed by atoms with Gasteiger partial charge in [-0.15, -0.1) is 0 Å². The molecule has 1 heterocycles. The SMILES string of the molecule is CCCOc1ccc(N2C(=O)NC(=O)/C(=C/c3ccc(OCC(=O)Nc4ccc(C)cc4C)c(Br)c3)C2=O)cc1OC. The van der Waals surface area contributed by atoms with Gasteiger partial charge in [0, 0.05) is 11.8 Å². The Morgan fingerprint density at radius 2 is 1.74 bits per heavy atom. The van der Waals surface area contributed by atoms with E-state index in [1.165, 1.54) is 25.3 Å². The molecule has 1 aliphatic rings. The Morgan fingerprint density at radius 1 is 0.976 bits per heavy atom. The minimum atomic E-state index is -0.879. The highest BCUT2D eigenvalue weighted by molar-refractivity contribution is 9.10. The molecule has 0 bridgehead atoms. The monoisotopic (exact) mass is 635 g/mol. The molecule has 0 unspecified atom stereocenters. The Labute approximate surface area is 251 Å². The Morgan fingerprint density at radius 3 is 2.43 bits per heavy atom. The van der Waals surface area contributed by atoms with E-state index in [1.807, 2.05) is 39.0 Å². The number of benzene rings is 3. The maximum Gasteiger partial charge on any atom is 0.335 e. The number of halogens is 1. The molecule has 1 fully saturated rings. The van der Waals surface area contributed by atoms with E-state index in [4.69, 9.17) is 14.2 Å². The zero-order valence-corrected chi connectivity index (χ0v) is 25.2. The molecule has 1 saturated heterocycles. The second-order valence-electron chi connectivity index (χ2n) is 9.49. The van der Waals surface area contributed by atoms with Crippen LogP contribution in [-0.4, -0.2) is 44.1 Å². The molecule has 5 amide bonds. The summed E-state index contributed by atoms with van der Waals surface area (Å²) in [6, 6.07) is 14.3. The van der Waals surface area contributed by atoms with Gasteiger partial charge < -0.3 is 19.5 Å². The van der Waals surface area contributed by atoms with Gasteiger partial charge in [-0.25, -0.2) is 9.69 Å². The van der Waals surface area contributed by atoms with E-state index < -0.39 is 17.8 Å². The van der Waals surface area contributed by atoms with Crippen molar-refractivity contribution in [2.45, 2.75) is 27.2 Å². The van der Waals surface area contributed by atoms with E-state index in [-0.39, 0.29) is 23.8 Å². The topological polar surface area (TPSA) is 123 Å². The van der Waals surface area contributed by atoms with Crippen LogP contribution in [0.2, 0.25) is 0 Å². The number of hydrogen-bond donors (Lipinski definition) is 2. The number of urea groups is 1. The molecular weight excluding hydrogens is 606 g/mol. The number of barbiturate groups is 1. The maximum absolute atomic E-state index is 13.4. The summed E-state index contributed by atoms with van der Waals surface area (Å²) in [6.45, 7) is 6.10. The number of hydrogen-bond acceptors (Lipinski definition) is 7. The third-order valence-electron chi connectivity index (χ3n) is 6.25. The molecule has 10 nitrogen and oxygen atoms in total. The third kappa shape index (κ3) is 6.98. The van der Waals surface area contributed by atoms with Crippen LogP contribution in [0.15, 0.2) is 64.6 Å². The van der Waals surface area contributed by atoms with E-state index in [0.717, 1.165) is 22.4 Å². The Hall–Kier alpha value is -4.64. The highest BCUT2D eigenvalue weighted by Crippen LogP contribution is 2.34. The Bertz CT molecular complexity index is 1580. The number of methoxy groups -OCH3 is 1. The maximum atomic E-state index is 13.4. The summed E-state index contributed by atoms with van der Waals surface area (Å²) >= 11 is 3.42. The average Bonchev–Trinajstić information content (AvgIpc) is 2.95. The van der Waals surface area contributed by atoms with E-state index in [1.54, 1.807) is 24.3 Å². The minimum Gasteiger partial charge on any atom is -0.493 e. The summed E-state index contributed by atoms with van der Waals surface area (Å²) in [5.74, 6) is -0.749. The van der Waals surface area contributed by atoms with Gasteiger partial charge in [0.15, 0.2) is 18.1 Å². The van der Waals surface area contributed by atoms with Gasteiger partial charge in [0.1, 0.15) is 11.3 Å². The number of imide groups is 2. The second kappa shape index (κ2) is 13.3. The lowest BCUT2D eigenvalue weighted by Gasteiger charge is -2.27. The van der Waals surface area contributed by atoms with Crippen LogP contribution < -0.4 is 29.7 Å². The first-order valence-electron chi connectivity index (χ1n) is 13.1. The van der Waals surface area contributed by atoms with Gasteiger partial charge in [0.05, 0.1) is 23.9 Å². The van der Waals surface area contributed by atoms with Crippen LogP contribution in [0, 0.1) is 13.8 Å². The third-order valence-corrected chi connectivity index (χ3v) is 6.87. The Kier molecular flexibility index (Phi) is 9.64. The average molecular weight is 636 g/mol. The number of ether oxygens (including phenoxy) is 3. The largest absolute Gasteiger partial charge is 0.493 e. The number of aryl methyl sites for hydroxylation is 2. The number of nitrogens with one attached hydrogen (secondary N) is 2. The van der Waals surface area contributed by atoms with Gasteiger partial charge in [-0.3, -0.25) is 19.7 Å². The standard InChI is InChI=1S/C31H30BrN3O7/c1-5-12-41-26-11-8-21(16-27(26)40-4)35-30(38)22(29(37)34-31(35)39)14-20-7-10-25(23(32)15-20)42-17-28(36)33-24-9-6-18(2)13-19(24)3/h6-11,13-16H,5,12,17H2,1-4H3,(H,33,36)(H,34,37,39)/b22-14-. The zero-order chi connectivity index (χ0) is 30.4. The van der Waals surface area contributed by atoms with E-state index >= 15 is 0 Å². The summed E-state index contributed by atoms with van der Waals surface area (Å²) in [5, 5.41) is 5.03. The molecule has 2 N–H and O–H groups in total. The summed E-state index contributed by atoms with van der Waals surface area (Å²) < 4.78 is 17.2. The molecule has 0 aromatic heterocycles. The first kappa shape index (κ1) is 30.3. The van der Waals surface area contributed by atoms with Crippen LogP contribution in [0.1, 0.15) is 30.0 Å². The molecule has 0 radical (unpaired) electrons. The summed E-state index contributed by atoms with van der Waals surface area (Å²) in [5.41, 5.74) is 3.20. The van der Waals surface area contributed by atoms with Crippen LogP contribution in [0.25, 0.3) is 6.08 Å². The van der Waals surface area contributed by atoms with Crippen molar-refractivity contribution in [1.29, 1.82) is 0 Å². The fourth-order valence-corrected chi connectivity index (χ4v) is 4.70. The molecule has 42 heavy (non-hydrogen) atoms. The molecule has 11 heteroatoms. The van der Waals surface area contributed by atoms with Gasteiger partial charge in [0.25, 0.3) is 17.7 Å². The van der Waals surface area contributed by atoms with Crippen LogP contribution in [0.5, 0.6) is 17.2 Å². The van der Waals surface area contributed by atoms with Gasteiger partial charge >= 0.3 is 6.03 Å². The number of amides is 5. The molecular formula is C31H30BrN3O7. The van der Waals surface area contributed by atoms with Crippen LogP contribution in [0.3, 0.4) is 0 Å². The second-order valence-corrected chi connectivity index (χ2v) is 10.3. The van der Waals surface area contributed by atoms with Gasteiger partial charge in [-0.1, -0.05) is 30.7 Å². The lowest BCUT2D eigenvalue weighted by Crippen LogP contribution is -2.54. The van der Waals surface area contributed by atoms with Gasteiger partial charge in [-0.2, -0.15) is 0 Å². The fraction of sp³-hybridized carbons (Fsp3) is 0.226. The smallest absolute Gasteiger partial charge is 0.335 e. The number of anilines is 2. The molecule has 0 saturated carbocycles. The van der Waals surface area contributed by atoms with Gasteiger partial charge in [-0.05, 0) is 83.7 Å². The first-order valence-corrected chi connectivity index (χ1v) is 13.9. The number of rotatable bonds is 10. The van der Waals surface area contributed by atoms with Crippen molar-refractivity contribution in [3.8, 4) is 17.2 Å². The molecule has 3 aromatic carbocycles. The highest BCUT2D eigenvalue weighted by Gasteiger charge is 2.37. The molecule has 218 valence electrons. The fourth-order valence-electron chi connectivity index (χ4n) is 4.19. The van der Waals surface area contributed by atoms with E-state index in [9.17, 15) is 19.2 Å². The quantitative estimate of drug-likeness (QED) is 0.221. The summed E-state index contributed by atoms with van der Waals surface area (Å²) in [6.07, 6.45) is 2.16.